The first-order valence-corrected chi connectivity index (χ1v) is 10.7. The third kappa shape index (κ3) is 3.52. The maximum Gasteiger partial charge on any atom is 0.273 e. The van der Waals surface area contributed by atoms with Crippen LogP contribution in [-0.4, -0.2) is 46.4 Å². The van der Waals surface area contributed by atoms with Gasteiger partial charge in [0.25, 0.3) is 5.91 Å². The number of benzene rings is 2. The Balaban J connectivity index is 1.87. The number of amides is 1. The summed E-state index contributed by atoms with van der Waals surface area (Å²) in [7, 11) is 1.66. The molecule has 6 nitrogen and oxygen atoms in total. The summed E-state index contributed by atoms with van der Waals surface area (Å²) in [6.45, 7) is 5.09. The minimum atomic E-state index is -0.295. The average Bonchev–Trinajstić information content (AvgIpc) is 3.24. The molecular weight excluding hydrogens is 446 g/mol. The minimum Gasteiger partial charge on any atom is -0.507 e. The number of H-pyrrole nitrogens is 1. The summed E-state index contributed by atoms with van der Waals surface area (Å²) in [5.41, 5.74) is 5.56. The summed E-state index contributed by atoms with van der Waals surface area (Å²) in [5.74, 6) is 0.0684. The van der Waals surface area contributed by atoms with Gasteiger partial charge in [-0.2, -0.15) is 5.10 Å². The van der Waals surface area contributed by atoms with E-state index in [9.17, 15) is 9.90 Å². The van der Waals surface area contributed by atoms with Crippen molar-refractivity contribution in [2.24, 2.45) is 0 Å². The molecule has 4 rings (SSSR count). The normalized spacial score (nSPS) is 15.7. The SMILES string of the molecule is COCCCN1C(=O)c2[nH]nc(-c3cc(C)c(C)cc3O)c2[C@@H]1c1cccc(Br)c1. The molecule has 0 radical (unpaired) electrons. The molecule has 1 aromatic heterocycles. The first kappa shape index (κ1) is 20.6. The van der Waals surface area contributed by atoms with Gasteiger partial charge in [-0.25, -0.2) is 0 Å². The van der Waals surface area contributed by atoms with Gasteiger partial charge in [-0.1, -0.05) is 28.1 Å². The fourth-order valence-electron chi connectivity index (χ4n) is 4.03. The van der Waals surface area contributed by atoms with Gasteiger partial charge < -0.3 is 14.7 Å². The number of nitrogens with zero attached hydrogens (tertiary/aromatic N) is 2. The summed E-state index contributed by atoms with van der Waals surface area (Å²) < 4.78 is 6.13. The number of hydrogen-bond donors (Lipinski definition) is 2. The van der Waals surface area contributed by atoms with E-state index in [-0.39, 0.29) is 17.7 Å². The molecule has 0 saturated heterocycles. The van der Waals surface area contributed by atoms with Crippen molar-refractivity contribution in [3.8, 4) is 17.0 Å². The molecule has 1 amide bonds. The van der Waals surface area contributed by atoms with Crippen molar-refractivity contribution in [3.63, 3.8) is 0 Å². The fourth-order valence-corrected chi connectivity index (χ4v) is 4.44. The van der Waals surface area contributed by atoms with E-state index < -0.39 is 0 Å². The van der Waals surface area contributed by atoms with E-state index in [2.05, 4.69) is 26.1 Å². The van der Waals surface area contributed by atoms with Crippen LogP contribution in [0, 0.1) is 13.8 Å². The number of ether oxygens (including phenoxy) is 1. The summed E-state index contributed by atoms with van der Waals surface area (Å²) in [6.07, 6.45) is 0.731. The molecule has 2 N–H and O–H groups in total. The molecule has 0 fully saturated rings. The van der Waals surface area contributed by atoms with Gasteiger partial charge in [0.15, 0.2) is 0 Å². The van der Waals surface area contributed by atoms with Gasteiger partial charge >= 0.3 is 0 Å². The monoisotopic (exact) mass is 469 g/mol. The Hall–Kier alpha value is -2.64. The maximum absolute atomic E-state index is 13.2. The van der Waals surface area contributed by atoms with Crippen LogP contribution in [0.5, 0.6) is 5.75 Å². The Morgan fingerprint density at radius 2 is 2.00 bits per heavy atom. The van der Waals surface area contributed by atoms with Crippen LogP contribution in [0.3, 0.4) is 0 Å². The van der Waals surface area contributed by atoms with Gasteiger partial charge in [0.1, 0.15) is 17.1 Å². The Labute approximate surface area is 184 Å². The lowest BCUT2D eigenvalue weighted by atomic mass is 9.94. The van der Waals surface area contributed by atoms with E-state index in [1.165, 1.54) is 0 Å². The van der Waals surface area contributed by atoms with Crippen LogP contribution in [0.2, 0.25) is 0 Å². The molecule has 2 aromatic carbocycles. The number of nitrogens with one attached hydrogen (secondary N) is 1. The molecule has 156 valence electrons. The lowest BCUT2D eigenvalue weighted by Crippen LogP contribution is -2.31. The predicted octanol–water partition coefficient (Wildman–Crippen LogP) is 4.74. The number of halogens is 1. The number of aromatic hydroxyl groups is 1. The van der Waals surface area contributed by atoms with E-state index in [0.29, 0.717) is 30.1 Å². The van der Waals surface area contributed by atoms with Crippen LogP contribution in [-0.2, 0) is 4.74 Å². The number of phenolic OH excluding ortho intramolecular Hbond substituents is 1. The highest BCUT2D eigenvalue weighted by Crippen LogP contribution is 2.45. The van der Waals surface area contributed by atoms with Gasteiger partial charge in [-0.15, -0.1) is 0 Å². The Morgan fingerprint density at radius 3 is 2.73 bits per heavy atom. The summed E-state index contributed by atoms with van der Waals surface area (Å²) in [4.78, 5) is 15.1. The molecule has 7 heteroatoms. The van der Waals surface area contributed by atoms with Gasteiger partial charge in [0, 0.05) is 35.9 Å². The van der Waals surface area contributed by atoms with Crippen molar-refractivity contribution in [1.29, 1.82) is 0 Å². The first-order valence-electron chi connectivity index (χ1n) is 9.86. The van der Waals surface area contributed by atoms with E-state index in [0.717, 1.165) is 33.1 Å². The highest BCUT2D eigenvalue weighted by Gasteiger charge is 2.42. The van der Waals surface area contributed by atoms with Crippen LogP contribution in [0.4, 0.5) is 0 Å². The molecule has 0 saturated carbocycles. The van der Waals surface area contributed by atoms with E-state index >= 15 is 0 Å². The Bertz CT molecular complexity index is 1110. The number of carbonyl (C=O) groups excluding carboxylic acids is 1. The topological polar surface area (TPSA) is 78.5 Å². The van der Waals surface area contributed by atoms with E-state index in [1.54, 1.807) is 13.2 Å². The molecule has 1 atom stereocenters. The number of rotatable bonds is 6. The molecular formula is C23H24BrN3O3. The molecule has 0 bridgehead atoms. The second-order valence-corrected chi connectivity index (χ2v) is 8.53. The van der Waals surface area contributed by atoms with Crippen LogP contribution in [0.15, 0.2) is 40.9 Å². The van der Waals surface area contributed by atoms with Crippen molar-refractivity contribution in [2.75, 3.05) is 20.3 Å². The van der Waals surface area contributed by atoms with E-state index in [4.69, 9.17) is 4.74 Å². The summed E-state index contributed by atoms with van der Waals surface area (Å²) in [6, 6.07) is 11.3. The quantitative estimate of drug-likeness (QED) is 0.510. The molecule has 0 unspecified atom stereocenters. The predicted molar refractivity (Wildman–Crippen MR) is 119 cm³/mol. The van der Waals surface area contributed by atoms with Crippen molar-refractivity contribution in [2.45, 2.75) is 26.3 Å². The standard InChI is InChI=1S/C23H24BrN3O3/c1-13-10-17(18(28)11-14(13)2)20-19-21(26-25-20)23(29)27(8-5-9-30-3)22(19)15-6-4-7-16(24)12-15/h4,6-7,10-12,22,28H,5,8-9H2,1-3H3,(H,25,26)/t22-/m0/s1. The minimum absolute atomic E-state index is 0.0897. The molecule has 0 aliphatic carbocycles. The second-order valence-electron chi connectivity index (χ2n) is 7.62. The molecule has 2 heterocycles. The largest absolute Gasteiger partial charge is 0.507 e. The number of aromatic nitrogens is 2. The number of phenols is 1. The second kappa shape index (κ2) is 8.24. The highest BCUT2D eigenvalue weighted by molar-refractivity contribution is 9.10. The number of fused-ring (bicyclic) bond motifs is 1. The van der Waals surface area contributed by atoms with Crippen molar-refractivity contribution < 1.29 is 14.6 Å². The first-order chi connectivity index (χ1) is 14.4. The zero-order valence-electron chi connectivity index (χ0n) is 17.2. The summed E-state index contributed by atoms with van der Waals surface area (Å²) in [5, 5.41) is 18.0. The van der Waals surface area contributed by atoms with Crippen molar-refractivity contribution in [3.05, 3.63) is 68.8 Å². The van der Waals surface area contributed by atoms with Crippen LogP contribution < -0.4 is 0 Å². The average molecular weight is 470 g/mol. The van der Waals surface area contributed by atoms with Gasteiger partial charge in [-0.3, -0.25) is 9.89 Å². The molecule has 1 aliphatic heterocycles. The zero-order chi connectivity index (χ0) is 21.4. The maximum atomic E-state index is 13.2. The van der Waals surface area contributed by atoms with Crippen molar-refractivity contribution >= 4 is 21.8 Å². The van der Waals surface area contributed by atoms with Crippen LogP contribution >= 0.6 is 15.9 Å². The molecule has 0 spiro atoms. The lowest BCUT2D eigenvalue weighted by molar-refractivity contribution is 0.0723. The molecule has 1 aliphatic rings. The summed E-state index contributed by atoms with van der Waals surface area (Å²) >= 11 is 3.54. The number of carbonyl (C=O) groups is 1. The van der Waals surface area contributed by atoms with E-state index in [1.807, 2.05) is 49.1 Å². The zero-order valence-corrected chi connectivity index (χ0v) is 18.8. The third-order valence-electron chi connectivity index (χ3n) is 5.64. The molecule has 3 aromatic rings. The van der Waals surface area contributed by atoms with Crippen LogP contribution in [0.25, 0.3) is 11.3 Å². The van der Waals surface area contributed by atoms with Crippen LogP contribution in [0.1, 0.15) is 45.2 Å². The molecule has 30 heavy (non-hydrogen) atoms. The van der Waals surface area contributed by atoms with Gasteiger partial charge in [0.05, 0.1) is 6.04 Å². The number of aryl methyl sites for hydroxylation is 2. The van der Waals surface area contributed by atoms with Gasteiger partial charge in [-0.05, 0) is 61.2 Å². The number of methoxy groups -OCH3 is 1. The highest BCUT2D eigenvalue weighted by atomic mass is 79.9. The Morgan fingerprint density at radius 1 is 1.23 bits per heavy atom. The fraction of sp³-hybridized carbons (Fsp3) is 0.304. The lowest BCUT2D eigenvalue weighted by Gasteiger charge is -2.26. The number of aromatic amines is 1. The Kier molecular flexibility index (Phi) is 5.66. The number of hydrogen-bond acceptors (Lipinski definition) is 4. The smallest absolute Gasteiger partial charge is 0.273 e. The van der Waals surface area contributed by atoms with Crippen molar-refractivity contribution in [1.82, 2.24) is 15.1 Å². The van der Waals surface area contributed by atoms with Gasteiger partial charge in [0.2, 0.25) is 0 Å². The third-order valence-corrected chi connectivity index (χ3v) is 6.14.